The molecular formula is C15H20O5. The molecule has 5 heteroatoms. The lowest BCUT2D eigenvalue weighted by Gasteiger charge is -2.23. The zero-order valence-corrected chi connectivity index (χ0v) is 12.2. The molecule has 2 rings (SSSR count). The molecule has 0 amide bonds. The number of aryl methyl sites for hydroxylation is 1. The number of esters is 1. The molecule has 1 aliphatic rings. The summed E-state index contributed by atoms with van der Waals surface area (Å²) in [6, 6.07) is 3.52. The first-order valence-electron chi connectivity index (χ1n) is 6.56. The molecule has 0 aromatic heterocycles. The molecule has 3 unspecified atom stereocenters. The van der Waals surface area contributed by atoms with Gasteiger partial charge in [0.1, 0.15) is 11.5 Å². The molecule has 3 atom stereocenters. The molecule has 20 heavy (non-hydrogen) atoms. The van der Waals surface area contributed by atoms with Gasteiger partial charge in [-0.1, -0.05) is 6.92 Å². The van der Waals surface area contributed by atoms with Crippen molar-refractivity contribution in [1.82, 2.24) is 0 Å². The van der Waals surface area contributed by atoms with Gasteiger partial charge in [-0.2, -0.15) is 0 Å². The first-order valence-corrected chi connectivity index (χ1v) is 6.56. The van der Waals surface area contributed by atoms with Crippen molar-refractivity contribution in [2.75, 3.05) is 20.8 Å². The Morgan fingerprint density at radius 3 is 2.55 bits per heavy atom. The normalized spacial score (nSPS) is 23.4. The molecule has 1 aromatic rings. The summed E-state index contributed by atoms with van der Waals surface area (Å²) in [5, 5.41) is 10.6. The van der Waals surface area contributed by atoms with E-state index in [0.29, 0.717) is 23.7 Å². The van der Waals surface area contributed by atoms with Crippen LogP contribution in [0.25, 0.3) is 0 Å². The van der Waals surface area contributed by atoms with Gasteiger partial charge in [-0.25, -0.2) is 0 Å². The van der Waals surface area contributed by atoms with Crippen molar-refractivity contribution in [3.05, 3.63) is 23.3 Å². The number of methoxy groups -OCH3 is 2. The molecule has 0 radical (unpaired) electrons. The average Bonchev–Trinajstić information content (AvgIpc) is 2.76. The van der Waals surface area contributed by atoms with Crippen LogP contribution in [0.2, 0.25) is 0 Å². The van der Waals surface area contributed by atoms with Crippen LogP contribution >= 0.6 is 0 Å². The van der Waals surface area contributed by atoms with E-state index < -0.39 is 12.0 Å². The molecule has 0 spiro atoms. The third-order valence-electron chi connectivity index (χ3n) is 3.79. The first kappa shape index (κ1) is 14.7. The lowest BCUT2D eigenvalue weighted by Crippen LogP contribution is -2.23. The molecule has 1 aliphatic heterocycles. The number of ether oxygens (including phenoxy) is 3. The Morgan fingerprint density at radius 1 is 1.35 bits per heavy atom. The van der Waals surface area contributed by atoms with Crippen LogP contribution in [0, 0.1) is 18.8 Å². The highest BCUT2D eigenvalue weighted by Gasteiger charge is 2.41. The maximum Gasteiger partial charge on any atom is 0.312 e. The topological polar surface area (TPSA) is 65.0 Å². The van der Waals surface area contributed by atoms with E-state index in [1.54, 1.807) is 13.2 Å². The van der Waals surface area contributed by atoms with E-state index in [-0.39, 0.29) is 11.9 Å². The Hall–Kier alpha value is -1.75. The predicted molar refractivity (Wildman–Crippen MR) is 72.9 cm³/mol. The fourth-order valence-electron chi connectivity index (χ4n) is 2.67. The van der Waals surface area contributed by atoms with Gasteiger partial charge < -0.3 is 19.3 Å². The van der Waals surface area contributed by atoms with E-state index in [0.717, 1.165) is 5.56 Å². The zero-order chi connectivity index (χ0) is 14.9. The standard InChI is InChI=1S/C15H20O5/c1-8-5-10(18-3)6-11(19-4)12(8)14(16)13-9(2)7-20-15(13)17/h5-6,9,13-14,16H,7H2,1-4H3. The van der Waals surface area contributed by atoms with Crippen LogP contribution < -0.4 is 9.47 Å². The summed E-state index contributed by atoms with van der Waals surface area (Å²) in [5.41, 5.74) is 1.43. The summed E-state index contributed by atoms with van der Waals surface area (Å²) in [4.78, 5) is 11.8. The van der Waals surface area contributed by atoms with Crippen LogP contribution in [0.4, 0.5) is 0 Å². The summed E-state index contributed by atoms with van der Waals surface area (Å²) < 4.78 is 15.5. The minimum absolute atomic E-state index is 0.0243. The van der Waals surface area contributed by atoms with Crippen molar-refractivity contribution in [1.29, 1.82) is 0 Å². The second-order valence-corrected chi connectivity index (χ2v) is 5.14. The Balaban J connectivity index is 2.43. The van der Waals surface area contributed by atoms with Gasteiger partial charge in [-0.3, -0.25) is 4.79 Å². The summed E-state index contributed by atoms with van der Waals surface area (Å²) in [7, 11) is 3.10. The van der Waals surface area contributed by atoms with Crippen LogP contribution in [0.3, 0.4) is 0 Å². The summed E-state index contributed by atoms with van der Waals surface area (Å²) in [6.45, 7) is 4.09. The van der Waals surface area contributed by atoms with E-state index in [2.05, 4.69) is 0 Å². The van der Waals surface area contributed by atoms with Crippen molar-refractivity contribution in [2.24, 2.45) is 11.8 Å². The molecule has 5 nitrogen and oxygen atoms in total. The van der Waals surface area contributed by atoms with E-state index in [9.17, 15) is 9.90 Å². The fourth-order valence-corrected chi connectivity index (χ4v) is 2.67. The maximum atomic E-state index is 11.8. The van der Waals surface area contributed by atoms with Crippen molar-refractivity contribution in [3.8, 4) is 11.5 Å². The zero-order valence-electron chi connectivity index (χ0n) is 12.2. The van der Waals surface area contributed by atoms with E-state index in [1.165, 1.54) is 7.11 Å². The number of aliphatic hydroxyl groups is 1. The van der Waals surface area contributed by atoms with Gasteiger partial charge in [0.15, 0.2) is 0 Å². The van der Waals surface area contributed by atoms with Gasteiger partial charge in [0, 0.05) is 17.5 Å². The Morgan fingerprint density at radius 2 is 2.05 bits per heavy atom. The van der Waals surface area contributed by atoms with Gasteiger partial charge in [-0.05, 0) is 18.6 Å². The molecule has 1 heterocycles. The molecular weight excluding hydrogens is 260 g/mol. The van der Waals surface area contributed by atoms with Gasteiger partial charge in [-0.15, -0.1) is 0 Å². The highest BCUT2D eigenvalue weighted by Crippen LogP contribution is 2.40. The third kappa shape index (κ3) is 2.45. The largest absolute Gasteiger partial charge is 0.497 e. The molecule has 110 valence electrons. The van der Waals surface area contributed by atoms with Crippen molar-refractivity contribution < 1.29 is 24.1 Å². The molecule has 0 aliphatic carbocycles. The molecule has 1 fully saturated rings. The Bertz CT molecular complexity index is 511. The average molecular weight is 280 g/mol. The lowest BCUT2D eigenvalue weighted by atomic mass is 9.85. The highest BCUT2D eigenvalue weighted by atomic mass is 16.5. The fraction of sp³-hybridized carbons (Fsp3) is 0.533. The van der Waals surface area contributed by atoms with Crippen LogP contribution in [0.1, 0.15) is 24.2 Å². The van der Waals surface area contributed by atoms with Crippen molar-refractivity contribution in [2.45, 2.75) is 20.0 Å². The molecule has 1 aromatic carbocycles. The monoisotopic (exact) mass is 280 g/mol. The van der Waals surface area contributed by atoms with Crippen molar-refractivity contribution in [3.63, 3.8) is 0 Å². The summed E-state index contributed by atoms with van der Waals surface area (Å²) in [5.74, 6) is 0.223. The van der Waals surface area contributed by atoms with E-state index >= 15 is 0 Å². The minimum atomic E-state index is -0.944. The van der Waals surface area contributed by atoms with Gasteiger partial charge in [0.25, 0.3) is 0 Å². The van der Waals surface area contributed by atoms with E-state index in [1.807, 2.05) is 19.9 Å². The third-order valence-corrected chi connectivity index (χ3v) is 3.79. The number of rotatable bonds is 4. The molecule has 1 saturated heterocycles. The van der Waals surface area contributed by atoms with Crippen LogP contribution in [-0.2, 0) is 9.53 Å². The van der Waals surface area contributed by atoms with E-state index in [4.69, 9.17) is 14.2 Å². The Kier molecular flexibility index (Phi) is 4.18. The second kappa shape index (κ2) is 5.71. The predicted octanol–water partition coefficient (Wildman–Crippen LogP) is 1.85. The number of carbonyl (C=O) groups is 1. The summed E-state index contributed by atoms with van der Waals surface area (Å²) in [6.07, 6.45) is -0.944. The van der Waals surface area contributed by atoms with Crippen LogP contribution in [0.15, 0.2) is 12.1 Å². The van der Waals surface area contributed by atoms with Crippen LogP contribution in [-0.4, -0.2) is 31.9 Å². The molecule has 0 bridgehead atoms. The van der Waals surface area contributed by atoms with Gasteiger partial charge >= 0.3 is 5.97 Å². The van der Waals surface area contributed by atoms with Crippen molar-refractivity contribution >= 4 is 5.97 Å². The number of benzene rings is 1. The van der Waals surface area contributed by atoms with Crippen LogP contribution in [0.5, 0.6) is 11.5 Å². The molecule has 0 saturated carbocycles. The quantitative estimate of drug-likeness (QED) is 0.853. The highest BCUT2D eigenvalue weighted by molar-refractivity contribution is 5.76. The number of carbonyl (C=O) groups excluding carboxylic acids is 1. The number of hydrogen-bond donors (Lipinski definition) is 1. The SMILES string of the molecule is COc1cc(C)c(C(O)C2C(=O)OCC2C)c(OC)c1. The first-order chi connectivity index (χ1) is 9.49. The second-order valence-electron chi connectivity index (χ2n) is 5.14. The van der Waals surface area contributed by atoms with Gasteiger partial charge in [0.05, 0.1) is 32.8 Å². The number of aliphatic hydroxyl groups excluding tert-OH is 1. The van der Waals surface area contributed by atoms with Gasteiger partial charge in [0.2, 0.25) is 0 Å². The minimum Gasteiger partial charge on any atom is -0.497 e. The Labute approximate surface area is 118 Å². The summed E-state index contributed by atoms with van der Waals surface area (Å²) >= 11 is 0. The smallest absolute Gasteiger partial charge is 0.312 e. The maximum absolute atomic E-state index is 11.8. The lowest BCUT2D eigenvalue weighted by molar-refractivity contribution is -0.144. The number of hydrogen-bond acceptors (Lipinski definition) is 5. The number of cyclic esters (lactones) is 1. The molecule has 1 N–H and O–H groups in total.